The Hall–Kier alpha value is -1.84. The fourth-order valence-corrected chi connectivity index (χ4v) is 1.52. The van der Waals surface area contributed by atoms with Gasteiger partial charge in [-0.2, -0.15) is 5.10 Å². The molecule has 0 aliphatic rings. The van der Waals surface area contributed by atoms with E-state index in [-0.39, 0.29) is 0 Å². The molecule has 0 aliphatic carbocycles. The van der Waals surface area contributed by atoms with Crippen LogP contribution in [0, 0.1) is 0 Å². The fourth-order valence-electron chi connectivity index (χ4n) is 1.52. The number of aromatic nitrogens is 3. The SMILES string of the molecule is CCCn1cc(CNc2cccnc2)cn1. The van der Waals surface area contributed by atoms with Crippen LogP contribution >= 0.6 is 0 Å². The van der Waals surface area contributed by atoms with Gasteiger partial charge in [-0.05, 0) is 18.6 Å². The Labute approximate surface area is 95.3 Å². The number of rotatable bonds is 5. The van der Waals surface area contributed by atoms with Gasteiger partial charge in [0.2, 0.25) is 0 Å². The summed E-state index contributed by atoms with van der Waals surface area (Å²) < 4.78 is 1.97. The van der Waals surface area contributed by atoms with Crippen molar-refractivity contribution in [3.8, 4) is 0 Å². The molecule has 4 nitrogen and oxygen atoms in total. The third-order valence-electron chi connectivity index (χ3n) is 2.30. The van der Waals surface area contributed by atoms with Gasteiger partial charge in [-0.3, -0.25) is 9.67 Å². The van der Waals surface area contributed by atoms with Gasteiger partial charge in [0.25, 0.3) is 0 Å². The molecule has 0 aliphatic heterocycles. The van der Waals surface area contributed by atoms with Gasteiger partial charge < -0.3 is 5.32 Å². The molecular formula is C12H16N4. The van der Waals surface area contributed by atoms with E-state index in [1.807, 2.05) is 29.2 Å². The van der Waals surface area contributed by atoms with E-state index in [4.69, 9.17) is 0 Å². The lowest BCUT2D eigenvalue weighted by Gasteiger charge is -2.02. The molecule has 2 rings (SSSR count). The quantitative estimate of drug-likeness (QED) is 0.834. The molecule has 0 bridgehead atoms. The highest BCUT2D eigenvalue weighted by atomic mass is 15.3. The van der Waals surface area contributed by atoms with Crippen LogP contribution in [0.4, 0.5) is 5.69 Å². The zero-order valence-corrected chi connectivity index (χ0v) is 9.43. The highest BCUT2D eigenvalue weighted by molar-refractivity contribution is 5.40. The van der Waals surface area contributed by atoms with Crippen molar-refractivity contribution in [2.45, 2.75) is 26.4 Å². The van der Waals surface area contributed by atoms with E-state index < -0.39 is 0 Å². The molecule has 0 radical (unpaired) electrons. The van der Waals surface area contributed by atoms with Crippen molar-refractivity contribution in [1.82, 2.24) is 14.8 Å². The molecule has 1 N–H and O–H groups in total. The number of hydrogen-bond donors (Lipinski definition) is 1. The fraction of sp³-hybridized carbons (Fsp3) is 0.333. The maximum absolute atomic E-state index is 4.28. The minimum Gasteiger partial charge on any atom is -0.380 e. The van der Waals surface area contributed by atoms with Crippen LogP contribution in [-0.4, -0.2) is 14.8 Å². The van der Waals surface area contributed by atoms with E-state index in [2.05, 4.69) is 28.5 Å². The zero-order valence-electron chi connectivity index (χ0n) is 9.43. The topological polar surface area (TPSA) is 42.7 Å². The number of hydrogen-bond acceptors (Lipinski definition) is 3. The number of anilines is 1. The summed E-state index contributed by atoms with van der Waals surface area (Å²) in [6.45, 7) is 3.91. The summed E-state index contributed by atoms with van der Waals surface area (Å²) in [5.74, 6) is 0. The maximum Gasteiger partial charge on any atom is 0.0539 e. The second kappa shape index (κ2) is 5.30. The molecule has 0 fully saturated rings. The van der Waals surface area contributed by atoms with Gasteiger partial charge in [-0.15, -0.1) is 0 Å². The first-order valence-corrected chi connectivity index (χ1v) is 5.53. The molecule has 0 amide bonds. The molecule has 0 saturated carbocycles. The number of nitrogens with zero attached hydrogens (tertiary/aromatic N) is 3. The zero-order chi connectivity index (χ0) is 11.2. The predicted octanol–water partition coefficient (Wildman–Crippen LogP) is 2.30. The van der Waals surface area contributed by atoms with E-state index in [0.29, 0.717) is 0 Å². The average Bonchev–Trinajstić information content (AvgIpc) is 2.76. The van der Waals surface area contributed by atoms with Crippen molar-refractivity contribution in [2.24, 2.45) is 0 Å². The van der Waals surface area contributed by atoms with Crippen LogP contribution in [0.25, 0.3) is 0 Å². The van der Waals surface area contributed by atoms with Gasteiger partial charge in [0.1, 0.15) is 0 Å². The maximum atomic E-state index is 4.28. The Bertz CT molecular complexity index is 422. The van der Waals surface area contributed by atoms with Crippen LogP contribution in [-0.2, 0) is 13.1 Å². The molecular weight excluding hydrogens is 200 g/mol. The van der Waals surface area contributed by atoms with Gasteiger partial charge in [-0.1, -0.05) is 6.92 Å². The summed E-state index contributed by atoms with van der Waals surface area (Å²) in [6.07, 6.45) is 8.67. The summed E-state index contributed by atoms with van der Waals surface area (Å²) in [7, 11) is 0. The third kappa shape index (κ3) is 2.82. The van der Waals surface area contributed by atoms with Gasteiger partial charge >= 0.3 is 0 Å². The Morgan fingerprint density at radius 2 is 2.31 bits per heavy atom. The smallest absolute Gasteiger partial charge is 0.0539 e. The van der Waals surface area contributed by atoms with Crippen molar-refractivity contribution in [2.75, 3.05) is 5.32 Å². The third-order valence-corrected chi connectivity index (χ3v) is 2.30. The van der Waals surface area contributed by atoms with Crippen LogP contribution in [0.1, 0.15) is 18.9 Å². The first-order chi connectivity index (χ1) is 7.88. The highest BCUT2D eigenvalue weighted by Gasteiger charge is 1.97. The van der Waals surface area contributed by atoms with E-state index in [9.17, 15) is 0 Å². The van der Waals surface area contributed by atoms with Gasteiger partial charge in [0, 0.05) is 37.2 Å². The molecule has 2 aromatic heterocycles. The Balaban J connectivity index is 1.89. The Morgan fingerprint density at radius 3 is 3.06 bits per heavy atom. The molecule has 0 spiro atoms. The lowest BCUT2D eigenvalue weighted by Crippen LogP contribution is -1.99. The predicted molar refractivity (Wildman–Crippen MR) is 64.1 cm³/mol. The Kier molecular flexibility index (Phi) is 3.53. The molecule has 0 atom stereocenters. The van der Waals surface area contributed by atoms with Crippen molar-refractivity contribution in [3.63, 3.8) is 0 Å². The summed E-state index contributed by atoms with van der Waals surface area (Å²) >= 11 is 0. The van der Waals surface area contributed by atoms with Crippen molar-refractivity contribution in [3.05, 3.63) is 42.5 Å². The lowest BCUT2D eigenvalue weighted by molar-refractivity contribution is 0.602. The lowest BCUT2D eigenvalue weighted by atomic mass is 10.3. The summed E-state index contributed by atoms with van der Waals surface area (Å²) in [6, 6.07) is 3.92. The molecule has 84 valence electrons. The van der Waals surface area contributed by atoms with Gasteiger partial charge in [0.05, 0.1) is 11.9 Å². The van der Waals surface area contributed by atoms with Crippen molar-refractivity contribution in [1.29, 1.82) is 0 Å². The summed E-state index contributed by atoms with van der Waals surface area (Å²) in [5.41, 5.74) is 2.23. The standard InChI is InChI=1S/C12H16N4/c1-2-6-16-10-11(8-15-16)7-14-12-4-3-5-13-9-12/h3-5,8-10,14H,2,6-7H2,1H3. The van der Waals surface area contributed by atoms with E-state index in [1.165, 1.54) is 5.56 Å². The largest absolute Gasteiger partial charge is 0.380 e. The van der Waals surface area contributed by atoms with E-state index >= 15 is 0 Å². The van der Waals surface area contributed by atoms with Crippen molar-refractivity contribution < 1.29 is 0 Å². The van der Waals surface area contributed by atoms with Crippen LogP contribution in [0.15, 0.2) is 36.9 Å². The van der Waals surface area contributed by atoms with Crippen LogP contribution in [0.5, 0.6) is 0 Å². The number of aryl methyl sites for hydroxylation is 1. The molecule has 16 heavy (non-hydrogen) atoms. The van der Waals surface area contributed by atoms with Crippen LogP contribution in [0.2, 0.25) is 0 Å². The van der Waals surface area contributed by atoms with Crippen molar-refractivity contribution >= 4 is 5.69 Å². The average molecular weight is 216 g/mol. The first-order valence-electron chi connectivity index (χ1n) is 5.53. The van der Waals surface area contributed by atoms with E-state index in [0.717, 1.165) is 25.2 Å². The molecule has 4 heteroatoms. The monoisotopic (exact) mass is 216 g/mol. The highest BCUT2D eigenvalue weighted by Crippen LogP contribution is 2.06. The number of nitrogens with one attached hydrogen (secondary N) is 1. The van der Waals surface area contributed by atoms with Gasteiger partial charge in [-0.25, -0.2) is 0 Å². The molecule has 0 unspecified atom stereocenters. The second-order valence-corrected chi connectivity index (χ2v) is 3.71. The minimum atomic E-state index is 0.787. The van der Waals surface area contributed by atoms with Crippen LogP contribution < -0.4 is 5.32 Å². The first kappa shape index (κ1) is 10.7. The molecule has 0 aromatic carbocycles. The second-order valence-electron chi connectivity index (χ2n) is 3.71. The summed E-state index contributed by atoms with van der Waals surface area (Å²) in [5, 5.41) is 7.58. The molecule has 2 heterocycles. The number of pyridine rings is 1. The Morgan fingerprint density at radius 1 is 1.38 bits per heavy atom. The van der Waals surface area contributed by atoms with E-state index in [1.54, 1.807) is 6.20 Å². The molecule has 2 aromatic rings. The minimum absolute atomic E-state index is 0.787. The molecule has 0 saturated heterocycles. The summed E-state index contributed by atoms with van der Waals surface area (Å²) in [4.78, 5) is 4.05. The normalized spacial score (nSPS) is 10.3. The van der Waals surface area contributed by atoms with Gasteiger partial charge in [0.15, 0.2) is 0 Å². The van der Waals surface area contributed by atoms with Crippen LogP contribution in [0.3, 0.4) is 0 Å².